The number of nitrogens with one attached hydrogen (secondary N) is 1. The number of fused-ring (bicyclic) bond motifs is 1. The highest BCUT2D eigenvalue weighted by atomic mass is 14.9. The Kier molecular flexibility index (Phi) is 3.70. The van der Waals surface area contributed by atoms with E-state index in [4.69, 9.17) is 0 Å². The van der Waals surface area contributed by atoms with Crippen molar-refractivity contribution in [2.45, 2.75) is 25.7 Å². The van der Waals surface area contributed by atoms with Crippen LogP contribution in [0.5, 0.6) is 0 Å². The number of aryl methyl sites for hydroxylation is 2. The normalized spacial score (nSPS) is 16.1. The Bertz CT molecular complexity index is 838. The average molecular weight is 304 g/mol. The van der Waals surface area contributed by atoms with Gasteiger partial charge in [0.25, 0.3) is 0 Å². The molecule has 0 bridgehead atoms. The molecule has 1 fully saturated rings. The summed E-state index contributed by atoms with van der Waals surface area (Å²) < 4.78 is 2.28. The van der Waals surface area contributed by atoms with Crippen molar-refractivity contribution in [1.29, 1.82) is 0 Å². The maximum absolute atomic E-state index is 3.48. The summed E-state index contributed by atoms with van der Waals surface area (Å²) in [6.45, 7) is 4.43. The summed E-state index contributed by atoms with van der Waals surface area (Å²) in [5.74, 6) is 0.688. The first kappa shape index (κ1) is 14.5. The highest BCUT2D eigenvalue weighted by molar-refractivity contribution is 5.89. The van der Waals surface area contributed by atoms with Crippen molar-refractivity contribution in [3.8, 4) is 11.1 Å². The molecule has 0 spiro atoms. The minimum atomic E-state index is 0.688. The fourth-order valence-electron chi connectivity index (χ4n) is 3.88. The van der Waals surface area contributed by atoms with Crippen LogP contribution in [0.2, 0.25) is 0 Å². The van der Waals surface area contributed by atoms with E-state index in [9.17, 15) is 0 Å². The Balaban J connectivity index is 1.83. The second kappa shape index (κ2) is 5.86. The third-order valence-corrected chi connectivity index (χ3v) is 5.15. The van der Waals surface area contributed by atoms with Crippen LogP contribution in [-0.4, -0.2) is 17.7 Å². The summed E-state index contributed by atoms with van der Waals surface area (Å²) in [5, 5.41) is 4.91. The van der Waals surface area contributed by atoms with Crippen molar-refractivity contribution in [2.24, 2.45) is 7.05 Å². The van der Waals surface area contributed by atoms with Crippen LogP contribution in [0, 0.1) is 6.92 Å². The molecule has 2 aromatic carbocycles. The lowest BCUT2D eigenvalue weighted by Gasteiger charge is -2.22. The molecule has 0 amide bonds. The molecule has 1 aliphatic rings. The number of nitrogens with zero attached hydrogens (tertiary/aromatic N) is 1. The van der Waals surface area contributed by atoms with Gasteiger partial charge in [0, 0.05) is 24.1 Å². The summed E-state index contributed by atoms with van der Waals surface area (Å²) in [5.41, 5.74) is 6.82. The predicted octanol–water partition coefficient (Wildman–Crippen LogP) is 4.62. The molecule has 4 rings (SSSR count). The van der Waals surface area contributed by atoms with E-state index in [0.29, 0.717) is 5.92 Å². The first-order chi connectivity index (χ1) is 11.2. The lowest BCUT2D eigenvalue weighted by molar-refractivity contribution is 0.462. The maximum atomic E-state index is 3.48. The van der Waals surface area contributed by atoms with E-state index in [1.807, 2.05) is 0 Å². The van der Waals surface area contributed by atoms with E-state index in [1.54, 1.807) is 0 Å². The molecule has 2 nitrogen and oxygen atoms in total. The summed E-state index contributed by atoms with van der Waals surface area (Å²) in [4.78, 5) is 0. The smallest absolute Gasteiger partial charge is 0.0481 e. The van der Waals surface area contributed by atoms with Gasteiger partial charge in [-0.05, 0) is 67.6 Å². The monoisotopic (exact) mass is 304 g/mol. The van der Waals surface area contributed by atoms with Gasteiger partial charge in [-0.3, -0.25) is 0 Å². The van der Waals surface area contributed by atoms with Gasteiger partial charge in [0.2, 0.25) is 0 Å². The Morgan fingerprint density at radius 2 is 1.78 bits per heavy atom. The van der Waals surface area contributed by atoms with Crippen molar-refractivity contribution < 1.29 is 0 Å². The van der Waals surface area contributed by atoms with Crippen molar-refractivity contribution in [3.05, 3.63) is 59.8 Å². The third-order valence-electron chi connectivity index (χ3n) is 5.15. The molecule has 118 valence electrons. The molecule has 1 aromatic heterocycles. The fourth-order valence-corrected chi connectivity index (χ4v) is 3.88. The molecular formula is C21H24N2. The summed E-state index contributed by atoms with van der Waals surface area (Å²) in [6.07, 6.45) is 4.84. The van der Waals surface area contributed by atoms with Gasteiger partial charge in [0.1, 0.15) is 0 Å². The topological polar surface area (TPSA) is 17.0 Å². The average Bonchev–Trinajstić information content (AvgIpc) is 2.92. The fraction of sp³-hybridized carbons (Fsp3) is 0.333. The van der Waals surface area contributed by atoms with E-state index in [0.717, 1.165) is 13.1 Å². The molecule has 1 N–H and O–H groups in total. The number of benzene rings is 2. The zero-order chi connectivity index (χ0) is 15.8. The quantitative estimate of drug-likeness (QED) is 0.731. The van der Waals surface area contributed by atoms with Gasteiger partial charge in [-0.2, -0.15) is 0 Å². The highest BCUT2D eigenvalue weighted by Gasteiger charge is 2.19. The number of hydrogen-bond donors (Lipinski definition) is 1. The van der Waals surface area contributed by atoms with Gasteiger partial charge in [0.15, 0.2) is 0 Å². The van der Waals surface area contributed by atoms with E-state index < -0.39 is 0 Å². The van der Waals surface area contributed by atoms with Crippen molar-refractivity contribution >= 4 is 10.9 Å². The van der Waals surface area contributed by atoms with Gasteiger partial charge in [-0.15, -0.1) is 0 Å². The van der Waals surface area contributed by atoms with E-state index in [-0.39, 0.29) is 0 Å². The highest BCUT2D eigenvalue weighted by Crippen LogP contribution is 2.35. The molecule has 0 unspecified atom stereocenters. The van der Waals surface area contributed by atoms with Crippen molar-refractivity contribution in [2.75, 3.05) is 13.1 Å². The van der Waals surface area contributed by atoms with Crippen molar-refractivity contribution in [3.63, 3.8) is 0 Å². The van der Waals surface area contributed by atoms with E-state index in [2.05, 4.69) is 72.5 Å². The Hall–Kier alpha value is -2.06. The van der Waals surface area contributed by atoms with Crippen molar-refractivity contribution in [1.82, 2.24) is 9.88 Å². The SMILES string of the molecule is Cc1cccc(-c2ccc3c(c2)c(C2CCNCC2)cn3C)c1. The standard InChI is InChI=1S/C21H24N2/c1-15-4-3-5-17(12-15)18-6-7-21-19(13-18)20(14-23(21)2)16-8-10-22-11-9-16/h3-7,12-14,16,22H,8-11H2,1-2H3. The van der Waals surface area contributed by atoms with Gasteiger partial charge in [0.05, 0.1) is 0 Å². The largest absolute Gasteiger partial charge is 0.350 e. The second-order valence-electron chi connectivity index (χ2n) is 6.82. The molecule has 1 saturated heterocycles. The second-order valence-corrected chi connectivity index (χ2v) is 6.82. The molecule has 0 radical (unpaired) electrons. The van der Waals surface area contributed by atoms with Crippen LogP contribution in [-0.2, 0) is 7.05 Å². The van der Waals surface area contributed by atoms with Gasteiger partial charge >= 0.3 is 0 Å². The number of piperidine rings is 1. The van der Waals surface area contributed by atoms with Crippen LogP contribution in [0.25, 0.3) is 22.0 Å². The van der Waals surface area contributed by atoms with Crippen LogP contribution in [0.1, 0.15) is 29.9 Å². The van der Waals surface area contributed by atoms with Crippen LogP contribution in [0.15, 0.2) is 48.7 Å². The minimum Gasteiger partial charge on any atom is -0.350 e. The molecule has 2 heterocycles. The molecule has 23 heavy (non-hydrogen) atoms. The van der Waals surface area contributed by atoms with Gasteiger partial charge in [-0.1, -0.05) is 35.9 Å². The van der Waals surface area contributed by atoms with E-state index in [1.165, 1.54) is 46.0 Å². The Morgan fingerprint density at radius 1 is 1.00 bits per heavy atom. The van der Waals surface area contributed by atoms with Crippen LogP contribution in [0.3, 0.4) is 0 Å². The first-order valence-corrected chi connectivity index (χ1v) is 8.59. The molecule has 0 atom stereocenters. The maximum Gasteiger partial charge on any atom is 0.0481 e. The molecule has 0 aliphatic carbocycles. The minimum absolute atomic E-state index is 0.688. The lowest BCUT2D eigenvalue weighted by Crippen LogP contribution is -2.26. The lowest BCUT2D eigenvalue weighted by atomic mass is 9.89. The Morgan fingerprint density at radius 3 is 2.57 bits per heavy atom. The third kappa shape index (κ3) is 2.68. The zero-order valence-corrected chi connectivity index (χ0v) is 14.0. The molecule has 1 aliphatic heterocycles. The Labute approximate surface area is 138 Å². The molecule has 2 heteroatoms. The van der Waals surface area contributed by atoms with Crippen LogP contribution >= 0.6 is 0 Å². The molecule has 3 aromatic rings. The molecule has 0 saturated carbocycles. The zero-order valence-electron chi connectivity index (χ0n) is 14.0. The predicted molar refractivity (Wildman–Crippen MR) is 97.9 cm³/mol. The van der Waals surface area contributed by atoms with E-state index >= 15 is 0 Å². The number of rotatable bonds is 2. The first-order valence-electron chi connectivity index (χ1n) is 8.59. The molecular weight excluding hydrogens is 280 g/mol. The summed E-state index contributed by atoms with van der Waals surface area (Å²) >= 11 is 0. The van der Waals surface area contributed by atoms with Gasteiger partial charge < -0.3 is 9.88 Å². The summed E-state index contributed by atoms with van der Waals surface area (Å²) in [6, 6.07) is 15.7. The number of aromatic nitrogens is 1. The number of hydrogen-bond acceptors (Lipinski definition) is 1. The van der Waals surface area contributed by atoms with Gasteiger partial charge in [-0.25, -0.2) is 0 Å². The van der Waals surface area contributed by atoms with Crippen LogP contribution in [0.4, 0.5) is 0 Å². The van der Waals surface area contributed by atoms with Crippen LogP contribution < -0.4 is 5.32 Å². The summed E-state index contributed by atoms with van der Waals surface area (Å²) in [7, 11) is 2.17.